The van der Waals surface area contributed by atoms with Crippen LogP contribution in [-0.2, 0) is 0 Å². The average Bonchev–Trinajstić information content (AvgIpc) is 2.58. The largest absolute Gasteiger partial charge is 0.492 e. The van der Waals surface area contributed by atoms with E-state index in [0.29, 0.717) is 6.61 Å². The number of rotatable bonds is 7. The van der Waals surface area contributed by atoms with Crippen molar-refractivity contribution in [1.29, 1.82) is 0 Å². The number of amides is 2. The summed E-state index contributed by atoms with van der Waals surface area (Å²) in [6.45, 7) is 9.40. The fourth-order valence-corrected chi connectivity index (χ4v) is 2.81. The number of anilines is 1. The van der Waals surface area contributed by atoms with Gasteiger partial charge in [-0.1, -0.05) is 31.9 Å². The smallest absolute Gasteiger partial charge is 0.322 e. The van der Waals surface area contributed by atoms with Gasteiger partial charge in [-0.15, -0.1) is 0 Å². The Hall–Kier alpha value is -1.75. The van der Waals surface area contributed by atoms with Crippen LogP contribution in [0.4, 0.5) is 10.5 Å². The van der Waals surface area contributed by atoms with Crippen LogP contribution in [0.1, 0.15) is 33.1 Å². The lowest BCUT2D eigenvalue weighted by Crippen LogP contribution is -2.50. The van der Waals surface area contributed by atoms with Gasteiger partial charge in [-0.05, 0) is 32.0 Å². The Kier molecular flexibility index (Phi) is 7.20. The molecule has 0 saturated carbocycles. The summed E-state index contributed by atoms with van der Waals surface area (Å²) in [5.74, 6) is 0.724. The van der Waals surface area contributed by atoms with Crippen molar-refractivity contribution in [2.24, 2.45) is 0 Å². The summed E-state index contributed by atoms with van der Waals surface area (Å²) < 4.78 is 5.56. The maximum Gasteiger partial charge on any atom is 0.322 e. The molecule has 1 N–H and O–H groups in total. The molecule has 1 saturated heterocycles. The van der Waals surface area contributed by atoms with Crippen LogP contribution in [0.2, 0.25) is 0 Å². The van der Waals surface area contributed by atoms with E-state index in [-0.39, 0.29) is 6.03 Å². The van der Waals surface area contributed by atoms with Crippen LogP contribution in [0.3, 0.4) is 0 Å². The normalized spacial score (nSPS) is 15.5. The van der Waals surface area contributed by atoms with Gasteiger partial charge in [-0.25, -0.2) is 4.79 Å². The molecule has 128 valence electrons. The van der Waals surface area contributed by atoms with E-state index in [4.69, 9.17) is 4.74 Å². The second kappa shape index (κ2) is 9.40. The Morgan fingerprint density at radius 2 is 1.87 bits per heavy atom. The van der Waals surface area contributed by atoms with Crippen LogP contribution in [0.5, 0.6) is 5.75 Å². The lowest BCUT2D eigenvalue weighted by molar-refractivity contribution is 0.146. The predicted octanol–water partition coefficient (Wildman–Crippen LogP) is 3.43. The zero-order chi connectivity index (χ0) is 16.5. The van der Waals surface area contributed by atoms with Gasteiger partial charge in [-0.2, -0.15) is 0 Å². The Bertz CT molecular complexity index is 485. The molecule has 1 aliphatic heterocycles. The van der Waals surface area contributed by atoms with Gasteiger partial charge in [0.1, 0.15) is 5.75 Å². The number of nitrogens with zero attached hydrogens (tertiary/aromatic N) is 2. The highest BCUT2D eigenvalue weighted by Crippen LogP contribution is 2.24. The molecular formula is C18H29N3O2. The summed E-state index contributed by atoms with van der Waals surface area (Å²) in [4.78, 5) is 16.8. The molecule has 2 rings (SSSR count). The second-order valence-electron chi connectivity index (χ2n) is 5.90. The number of unbranched alkanes of at least 4 members (excludes halogenated alkanes) is 2. The third kappa shape index (κ3) is 5.43. The second-order valence-corrected chi connectivity index (χ2v) is 5.90. The first kappa shape index (κ1) is 17.6. The van der Waals surface area contributed by atoms with Gasteiger partial charge in [0.2, 0.25) is 0 Å². The molecule has 0 aliphatic carbocycles. The van der Waals surface area contributed by atoms with Crippen LogP contribution in [0.25, 0.3) is 0 Å². The lowest BCUT2D eigenvalue weighted by Gasteiger charge is -2.34. The Balaban J connectivity index is 1.81. The molecule has 0 bridgehead atoms. The van der Waals surface area contributed by atoms with Crippen LogP contribution >= 0.6 is 0 Å². The van der Waals surface area contributed by atoms with E-state index in [0.717, 1.165) is 44.2 Å². The Morgan fingerprint density at radius 3 is 2.57 bits per heavy atom. The first-order valence-corrected chi connectivity index (χ1v) is 8.74. The summed E-state index contributed by atoms with van der Waals surface area (Å²) in [5, 5.41) is 2.98. The number of carbonyl (C=O) groups is 1. The van der Waals surface area contributed by atoms with E-state index in [9.17, 15) is 4.79 Å². The molecule has 0 radical (unpaired) electrons. The predicted molar refractivity (Wildman–Crippen MR) is 94.2 cm³/mol. The minimum absolute atomic E-state index is 0.0367. The number of benzene rings is 1. The minimum Gasteiger partial charge on any atom is -0.492 e. The third-order valence-corrected chi connectivity index (χ3v) is 4.17. The number of hydrogen-bond donors (Lipinski definition) is 1. The standard InChI is InChI=1S/C18H29N3O2/c1-3-5-8-11-20-12-14-21(15-13-20)18(22)19-16-9-6-7-10-17(16)23-4-2/h6-7,9-10H,3-5,8,11-15H2,1-2H3,(H,19,22). The van der Waals surface area contributed by atoms with Crippen molar-refractivity contribution in [2.75, 3.05) is 44.6 Å². The monoisotopic (exact) mass is 319 g/mol. The first-order chi connectivity index (χ1) is 11.2. The van der Waals surface area contributed by atoms with Gasteiger partial charge >= 0.3 is 6.03 Å². The molecule has 0 spiro atoms. The summed E-state index contributed by atoms with van der Waals surface area (Å²) >= 11 is 0. The maximum atomic E-state index is 12.4. The van der Waals surface area contributed by atoms with Gasteiger partial charge in [0.05, 0.1) is 12.3 Å². The van der Waals surface area contributed by atoms with Crippen molar-refractivity contribution >= 4 is 11.7 Å². The van der Waals surface area contributed by atoms with Gasteiger partial charge < -0.3 is 15.0 Å². The van der Waals surface area contributed by atoms with Crippen molar-refractivity contribution in [1.82, 2.24) is 9.80 Å². The van der Waals surface area contributed by atoms with Gasteiger partial charge in [0.25, 0.3) is 0 Å². The number of urea groups is 1. The molecule has 2 amide bonds. The number of ether oxygens (including phenoxy) is 1. The number of hydrogen-bond acceptors (Lipinski definition) is 3. The van der Waals surface area contributed by atoms with Crippen molar-refractivity contribution in [3.8, 4) is 5.75 Å². The average molecular weight is 319 g/mol. The molecular weight excluding hydrogens is 290 g/mol. The Labute approximate surface area is 139 Å². The van der Waals surface area contributed by atoms with E-state index in [2.05, 4.69) is 17.1 Å². The van der Waals surface area contributed by atoms with E-state index in [1.165, 1.54) is 19.3 Å². The van der Waals surface area contributed by atoms with Gasteiger partial charge in [0.15, 0.2) is 0 Å². The molecule has 1 aromatic carbocycles. The fourth-order valence-electron chi connectivity index (χ4n) is 2.81. The van der Waals surface area contributed by atoms with Gasteiger partial charge in [0, 0.05) is 26.2 Å². The molecule has 1 aliphatic rings. The van der Waals surface area contributed by atoms with E-state index in [1.54, 1.807) is 0 Å². The van der Waals surface area contributed by atoms with Crippen molar-refractivity contribution in [3.63, 3.8) is 0 Å². The minimum atomic E-state index is -0.0367. The summed E-state index contributed by atoms with van der Waals surface area (Å²) in [5.41, 5.74) is 0.740. The van der Waals surface area contributed by atoms with E-state index >= 15 is 0 Å². The van der Waals surface area contributed by atoms with E-state index in [1.807, 2.05) is 36.1 Å². The van der Waals surface area contributed by atoms with Gasteiger partial charge in [-0.3, -0.25) is 4.90 Å². The highest BCUT2D eigenvalue weighted by atomic mass is 16.5. The summed E-state index contributed by atoms with van der Waals surface area (Å²) in [7, 11) is 0. The zero-order valence-corrected chi connectivity index (χ0v) is 14.4. The van der Waals surface area contributed by atoms with Crippen molar-refractivity contribution < 1.29 is 9.53 Å². The number of para-hydroxylation sites is 2. The molecule has 1 aromatic rings. The fraction of sp³-hybridized carbons (Fsp3) is 0.611. The van der Waals surface area contributed by atoms with E-state index < -0.39 is 0 Å². The van der Waals surface area contributed by atoms with Crippen molar-refractivity contribution in [3.05, 3.63) is 24.3 Å². The SMILES string of the molecule is CCCCCN1CCN(C(=O)Nc2ccccc2OCC)CC1. The molecule has 5 heteroatoms. The van der Waals surface area contributed by atoms with Crippen LogP contribution < -0.4 is 10.1 Å². The molecule has 5 nitrogen and oxygen atoms in total. The zero-order valence-electron chi connectivity index (χ0n) is 14.4. The molecule has 1 heterocycles. The topological polar surface area (TPSA) is 44.8 Å². The molecule has 0 unspecified atom stereocenters. The summed E-state index contributed by atoms with van der Waals surface area (Å²) in [6, 6.07) is 7.54. The molecule has 0 atom stereocenters. The van der Waals surface area contributed by atoms with Crippen LogP contribution in [0, 0.1) is 0 Å². The molecule has 23 heavy (non-hydrogen) atoms. The quantitative estimate of drug-likeness (QED) is 0.783. The Morgan fingerprint density at radius 1 is 1.13 bits per heavy atom. The summed E-state index contributed by atoms with van der Waals surface area (Å²) in [6.07, 6.45) is 3.79. The maximum absolute atomic E-state index is 12.4. The number of piperazine rings is 1. The highest BCUT2D eigenvalue weighted by molar-refractivity contribution is 5.91. The van der Waals surface area contributed by atoms with Crippen LogP contribution in [0.15, 0.2) is 24.3 Å². The first-order valence-electron chi connectivity index (χ1n) is 8.74. The van der Waals surface area contributed by atoms with Crippen LogP contribution in [-0.4, -0.2) is 55.2 Å². The highest BCUT2D eigenvalue weighted by Gasteiger charge is 2.21. The third-order valence-electron chi connectivity index (χ3n) is 4.17. The van der Waals surface area contributed by atoms with Crippen molar-refractivity contribution in [2.45, 2.75) is 33.1 Å². The lowest BCUT2D eigenvalue weighted by atomic mass is 10.2. The number of carbonyl (C=O) groups excluding carboxylic acids is 1. The number of nitrogens with one attached hydrogen (secondary N) is 1. The molecule has 1 fully saturated rings. The molecule has 0 aromatic heterocycles.